The first-order valence-electron chi connectivity index (χ1n) is 14.0. The van der Waals surface area contributed by atoms with Crippen LogP contribution in [0.25, 0.3) is 76.8 Å². The van der Waals surface area contributed by atoms with E-state index in [1.54, 1.807) is 6.33 Å². The van der Waals surface area contributed by atoms with Gasteiger partial charge >= 0.3 is 0 Å². The molecule has 3 aliphatic rings. The van der Waals surface area contributed by atoms with Crippen LogP contribution in [0.2, 0.25) is 0 Å². The quantitative estimate of drug-likeness (QED) is 0.219. The molecule has 6 aromatic carbocycles. The summed E-state index contributed by atoms with van der Waals surface area (Å²) in [7, 11) is 0. The molecule has 3 nitrogen and oxygen atoms in total. The number of hydrogen-bond donors (Lipinski definition) is 0. The van der Waals surface area contributed by atoms with Crippen molar-refractivity contribution in [1.29, 1.82) is 0 Å². The van der Waals surface area contributed by atoms with Gasteiger partial charge in [-0.05, 0) is 120 Å². The number of aromatic nitrogens is 2. The maximum Gasteiger partial charge on any atom is 0.180 e. The molecule has 0 amide bonds. The summed E-state index contributed by atoms with van der Waals surface area (Å²) in [6.07, 6.45) is 4.59. The van der Waals surface area contributed by atoms with Crippen molar-refractivity contribution in [3.05, 3.63) is 119 Å². The minimum atomic E-state index is 0.785. The zero-order valence-electron chi connectivity index (χ0n) is 21.5. The molecule has 0 aliphatic heterocycles. The molecule has 0 saturated carbocycles. The molecule has 40 heavy (non-hydrogen) atoms. The third-order valence-electron chi connectivity index (χ3n) is 9.77. The second-order valence-electron chi connectivity index (χ2n) is 11.7. The summed E-state index contributed by atoms with van der Waals surface area (Å²) in [6, 6.07) is 28.8. The predicted molar refractivity (Wildman–Crippen MR) is 161 cm³/mol. The molecule has 3 aliphatic carbocycles. The minimum absolute atomic E-state index is 0.785. The van der Waals surface area contributed by atoms with Crippen molar-refractivity contribution in [2.45, 2.75) is 19.3 Å². The number of fused-ring (bicyclic) bond motifs is 3. The summed E-state index contributed by atoms with van der Waals surface area (Å²) < 4.78 is 6.44. The van der Waals surface area contributed by atoms with E-state index >= 15 is 0 Å². The van der Waals surface area contributed by atoms with Crippen molar-refractivity contribution >= 4 is 54.4 Å². The summed E-state index contributed by atoms with van der Waals surface area (Å²) >= 11 is 0. The molecular formula is C37H20N2O. The van der Waals surface area contributed by atoms with Gasteiger partial charge in [0, 0.05) is 10.9 Å². The molecule has 2 heterocycles. The van der Waals surface area contributed by atoms with Crippen molar-refractivity contribution in [2.24, 2.45) is 0 Å². The number of hydrogen-bond acceptors (Lipinski definition) is 3. The molecule has 184 valence electrons. The summed E-state index contributed by atoms with van der Waals surface area (Å²) in [6.45, 7) is 0. The lowest BCUT2D eigenvalue weighted by Gasteiger charge is -2.13. The minimum Gasteiger partial charge on any atom is -0.452 e. The van der Waals surface area contributed by atoms with Gasteiger partial charge in [0.1, 0.15) is 23.1 Å². The monoisotopic (exact) mass is 508 g/mol. The molecule has 0 unspecified atom stereocenters. The lowest BCUT2D eigenvalue weighted by Crippen LogP contribution is -1.95. The molecule has 3 heteroatoms. The van der Waals surface area contributed by atoms with Gasteiger partial charge in [-0.25, -0.2) is 9.97 Å². The van der Waals surface area contributed by atoms with Gasteiger partial charge in [-0.1, -0.05) is 54.6 Å². The molecule has 0 radical (unpaired) electrons. The lowest BCUT2D eigenvalue weighted by atomic mass is 9.90. The maximum atomic E-state index is 6.44. The number of nitrogens with zero attached hydrogens (tertiary/aromatic N) is 2. The van der Waals surface area contributed by atoms with E-state index in [9.17, 15) is 0 Å². The molecule has 2 aromatic heterocycles. The molecule has 0 N–H and O–H groups in total. The Morgan fingerprint density at radius 1 is 0.550 bits per heavy atom. The van der Waals surface area contributed by atoms with Crippen LogP contribution in [0.3, 0.4) is 0 Å². The number of furan rings is 1. The summed E-state index contributed by atoms with van der Waals surface area (Å²) in [5.74, 6) is 0. The highest BCUT2D eigenvalue weighted by molar-refractivity contribution is 6.34. The van der Waals surface area contributed by atoms with Crippen LogP contribution in [0.1, 0.15) is 33.4 Å². The smallest absolute Gasteiger partial charge is 0.180 e. The molecule has 0 fully saturated rings. The molecule has 8 aromatic rings. The van der Waals surface area contributed by atoms with E-state index in [0.717, 1.165) is 47.0 Å². The van der Waals surface area contributed by atoms with E-state index in [1.165, 1.54) is 82.4 Å². The van der Waals surface area contributed by atoms with E-state index in [4.69, 9.17) is 9.40 Å². The van der Waals surface area contributed by atoms with Gasteiger partial charge in [0.15, 0.2) is 5.58 Å². The average molecular weight is 509 g/mol. The number of rotatable bonds is 2. The standard InChI is InChI=1S/C37H20N2O/c1-2-6-18(7-3-1)24-14-22-15-26-27(36-37-35(38-17-39-36)23-8-4-5-9-28(23)40-37)16-21-12-19-10-11-20-13-25(24)33-30(20)29(19)31(21)34(26)32(22)33/h1-11,14,16-17H,12-13,15H2. The van der Waals surface area contributed by atoms with Gasteiger partial charge in [-0.2, -0.15) is 0 Å². The highest BCUT2D eigenvalue weighted by Crippen LogP contribution is 2.56. The van der Waals surface area contributed by atoms with Crippen LogP contribution in [0.5, 0.6) is 0 Å². The molecular weight excluding hydrogens is 488 g/mol. The third kappa shape index (κ3) is 2.16. The lowest BCUT2D eigenvalue weighted by molar-refractivity contribution is 0.667. The molecule has 0 saturated heterocycles. The Labute approximate surface area is 228 Å². The van der Waals surface area contributed by atoms with Gasteiger partial charge < -0.3 is 4.42 Å². The van der Waals surface area contributed by atoms with Crippen LogP contribution in [-0.4, -0.2) is 9.97 Å². The van der Waals surface area contributed by atoms with E-state index in [-0.39, 0.29) is 0 Å². The van der Waals surface area contributed by atoms with E-state index in [0.29, 0.717) is 0 Å². The molecule has 0 bridgehead atoms. The first-order valence-corrected chi connectivity index (χ1v) is 14.0. The Kier molecular flexibility index (Phi) is 3.28. The van der Waals surface area contributed by atoms with Gasteiger partial charge in [-0.15, -0.1) is 0 Å². The van der Waals surface area contributed by atoms with Crippen LogP contribution in [0.15, 0.2) is 89.6 Å². The van der Waals surface area contributed by atoms with Crippen LogP contribution in [-0.2, 0) is 19.3 Å². The highest BCUT2D eigenvalue weighted by Gasteiger charge is 2.35. The van der Waals surface area contributed by atoms with Crippen molar-refractivity contribution in [3.63, 3.8) is 0 Å². The van der Waals surface area contributed by atoms with Crippen LogP contribution in [0.4, 0.5) is 0 Å². The zero-order valence-corrected chi connectivity index (χ0v) is 21.5. The van der Waals surface area contributed by atoms with Gasteiger partial charge in [0.25, 0.3) is 0 Å². The first kappa shape index (κ1) is 20.0. The second-order valence-corrected chi connectivity index (χ2v) is 11.7. The molecule has 0 atom stereocenters. The Bertz CT molecular complexity index is 2500. The fourth-order valence-corrected chi connectivity index (χ4v) is 8.27. The summed E-state index contributed by atoms with van der Waals surface area (Å²) in [4.78, 5) is 9.55. The van der Waals surface area contributed by atoms with Gasteiger partial charge in [-0.3, -0.25) is 0 Å². The number of para-hydroxylation sites is 1. The molecule has 0 spiro atoms. The van der Waals surface area contributed by atoms with E-state index in [2.05, 4.69) is 65.6 Å². The summed E-state index contributed by atoms with van der Waals surface area (Å²) in [5, 5.41) is 9.95. The van der Waals surface area contributed by atoms with E-state index < -0.39 is 0 Å². The fourth-order valence-electron chi connectivity index (χ4n) is 8.27. The largest absolute Gasteiger partial charge is 0.452 e. The van der Waals surface area contributed by atoms with Crippen LogP contribution < -0.4 is 0 Å². The summed E-state index contributed by atoms with van der Waals surface area (Å²) in [5.41, 5.74) is 16.0. The highest BCUT2D eigenvalue weighted by atomic mass is 16.3. The Hall–Kier alpha value is -5.02. The maximum absolute atomic E-state index is 6.44. The normalized spacial score (nSPS) is 14.2. The van der Waals surface area contributed by atoms with Gasteiger partial charge in [0.2, 0.25) is 0 Å². The Morgan fingerprint density at radius 2 is 1.20 bits per heavy atom. The zero-order chi connectivity index (χ0) is 25.7. The SMILES string of the molecule is c1ccc(-c2cc3c4c5c2Cc2ccc6c(c25)c2c(cc(-c5ncnc7c5oc5ccccc57)c(c24)C3)C6)cc1. The van der Waals surface area contributed by atoms with Crippen LogP contribution in [0, 0.1) is 0 Å². The van der Waals surface area contributed by atoms with Crippen molar-refractivity contribution in [2.75, 3.05) is 0 Å². The van der Waals surface area contributed by atoms with E-state index in [1.807, 2.05) is 18.2 Å². The Morgan fingerprint density at radius 3 is 2.10 bits per heavy atom. The van der Waals surface area contributed by atoms with Crippen molar-refractivity contribution in [1.82, 2.24) is 9.97 Å². The Balaban J connectivity index is 1.31. The average Bonchev–Trinajstić information content (AvgIpc) is 3.75. The van der Waals surface area contributed by atoms with Gasteiger partial charge in [0.05, 0.1) is 0 Å². The van der Waals surface area contributed by atoms with Crippen molar-refractivity contribution in [3.8, 4) is 22.4 Å². The predicted octanol–water partition coefficient (Wildman–Crippen LogP) is 8.88. The number of benzene rings is 6. The third-order valence-corrected chi connectivity index (χ3v) is 9.77. The molecule has 11 rings (SSSR count). The second kappa shape index (κ2) is 6.57. The first-order chi connectivity index (χ1) is 19.8. The topological polar surface area (TPSA) is 38.9 Å². The van der Waals surface area contributed by atoms with Crippen LogP contribution >= 0.6 is 0 Å². The van der Waals surface area contributed by atoms with Crippen molar-refractivity contribution < 1.29 is 4.42 Å². The fraction of sp³-hybridized carbons (Fsp3) is 0.0811.